The van der Waals surface area contributed by atoms with Crippen molar-refractivity contribution in [2.24, 2.45) is 0 Å². The standard InChI is InChI=1S/C12H13N5O3/c1-20-11(18)6-7-13-12(19)9-4-2-3-5-10(9)17-8-14-15-16-17/h2-5,8H,6-7H2,1H3,(H,13,19). The minimum Gasteiger partial charge on any atom is -0.469 e. The topological polar surface area (TPSA) is 99.0 Å². The third-order valence-corrected chi connectivity index (χ3v) is 2.59. The number of aromatic nitrogens is 4. The maximum atomic E-state index is 12.1. The number of carbonyl (C=O) groups excluding carboxylic acids is 2. The van der Waals surface area contributed by atoms with Crippen molar-refractivity contribution >= 4 is 11.9 Å². The van der Waals surface area contributed by atoms with Crippen LogP contribution in [0.1, 0.15) is 16.8 Å². The van der Waals surface area contributed by atoms with E-state index in [1.54, 1.807) is 24.3 Å². The maximum Gasteiger partial charge on any atom is 0.307 e. The molecule has 0 saturated carbocycles. The van der Waals surface area contributed by atoms with Gasteiger partial charge >= 0.3 is 5.97 Å². The summed E-state index contributed by atoms with van der Waals surface area (Å²) in [4.78, 5) is 23.1. The Hall–Kier alpha value is -2.77. The van der Waals surface area contributed by atoms with Gasteiger partial charge in [-0.05, 0) is 22.6 Å². The van der Waals surface area contributed by atoms with Crippen LogP contribution >= 0.6 is 0 Å². The number of benzene rings is 1. The van der Waals surface area contributed by atoms with E-state index in [0.717, 1.165) is 0 Å². The van der Waals surface area contributed by atoms with E-state index in [2.05, 4.69) is 25.6 Å². The number of ether oxygens (including phenoxy) is 1. The van der Waals surface area contributed by atoms with Crippen molar-refractivity contribution in [3.05, 3.63) is 36.2 Å². The number of rotatable bonds is 5. The maximum absolute atomic E-state index is 12.1. The zero-order valence-electron chi connectivity index (χ0n) is 10.8. The molecule has 0 aliphatic rings. The molecule has 8 heteroatoms. The number of methoxy groups -OCH3 is 1. The molecule has 0 radical (unpaired) electrons. The summed E-state index contributed by atoms with van der Waals surface area (Å²) in [6, 6.07) is 6.90. The smallest absolute Gasteiger partial charge is 0.307 e. The zero-order chi connectivity index (χ0) is 14.4. The number of amides is 1. The van der Waals surface area contributed by atoms with Gasteiger partial charge in [-0.15, -0.1) is 5.10 Å². The van der Waals surface area contributed by atoms with E-state index in [0.29, 0.717) is 11.3 Å². The van der Waals surface area contributed by atoms with Crippen molar-refractivity contribution in [1.29, 1.82) is 0 Å². The molecular weight excluding hydrogens is 262 g/mol. The summed E-state index contributed by atoms with van der Waals surface area (Å²) in [6.07, 6.45) is 1.52. The minimum atomic E-state index is -0.376. The molecule has 0 unspecified atom stereocenters. The van der Waals surface area contributed by atoms with Crippen molar-refractivity contribution in [2.75, 3.05) is 13.7 Å². The van der Waals surface area contributed by atoms with Crippen LogP contribution < -0.4 is 5.32 Å². The Morgan fingerprint density at radius 1 is 1.35 bits per heavy atom. The molecule has 2 aromatic rings. The molecule has 1 N–H and O–H groups in total. The van der Waals surface area contributed by atoms with Crippen LogP contribution in [-0.4, -0.2) is 45.7 Å². The molecule has 104 valence electrons. The fraction of sp³-hybridized carbons (Fsp3) is 0.250. The van der Waals surface area contributed by atoms with Gasteiger partial charge in [-0.2, -0.15) is 4.68 Å². The SMILES string of the molecule is COC(=O)CCNC(=O)c1ccccc1-n1cnnn1. The summed E-state index contributed by atoms with van der Waals surface area (Å²) in [5.74, 6) is -0.681. The fourth-order valence-electron chi connectivity index (χ4n) is 1.61. The molecule has 0 atom stereocenters. The summed E-state index contributed by atoms with van der Waals surface area (Å²) in [6.45, 7) is 0.204. The van der Waals surface area contributed by atoms with Gasteiger partial charge in [0.05, 0.1) is 24.8 Å². The molecule has 1 heterocycles. The monoisotopic (exact) mass is 275 g/mol. The Balaban J connectivity index is 2.09. The second-order valence-electron chi connectivity index (χ2n) is 3.85. The van der Waals surface area contributed by atoms with Crippen LogP contribution in [0, 0.1) is 0 Å². The lowest BCUT2D eigenvalue weighted by atomic mass is 10.1. The summed E-state index contributed by atoms with van der Waals surface area (Å²) in [5, 5.41) is 13.5. The van der Waals surface area contributed by atoms with Crippen molar-refractivity contribution in [2.45, 2.75) is 6.42 Å². The highest BCUT2D eigenvalue weighted by Gasteiger charge is 2.13. The lowest BCUT2D eigenvalue weighted by Gasteiger charge is -2.08. The Labute approximate surface area is 114 Å². The van der Waals surface area contributed by atoms with Gasteiger partial charge in [0.1, 0.15) is 6.33 Å². The first-order chi connectivity index (χ1) is 9.72. The molecule has 0 spiro atoms. The van der Waals surface area contributed by atoms with E-state index in [1.165, 1.54) is 18.1 Å². The average molecular weight is 275 g/mol. The van der Waals surface area contributed by atoms with Crippen molar-refractivity contribution in [1.82, 2.24) is 25.5 Å². The summed E-state index contributed by atoms with van der Waals surface area (Å²) >= 11 is 0. The van der Waals surface area contributed by atoms with Gasteiger partial charge in [-0.25, -0.2) is 0 Å². The number of hydrogen-bond acceptors (Lipinski definition) is 6. The van der Waals surface area contributed by atoms with E-state index in [4.69, 9.17) is 0 Å². The number of esters is 1. The van der Waals surface area contributed by atoms with E-state index < -0.39 is 0 Å². The van der Waals surface area contributed by atoms with Crippen LogP contribution in [0.4, 0.5) is 0 Å². The van der Waals surface area contributed by atoms with Gasteiger partial charge in [-0.1, -0.05) is 12.1 Å². The normalized spacial score (nSPS) is 10.1. The molecule has 0 bridgehead atoms. The lowest BCUT2D eigenvalue weighted by Crippen LogP contribution is -2.27. The quantitative estimate of drug-likeness (QED) is 0.768. The van der Waals surface area contributed by atoms with Crippen LogP contribution in [0.25, 0.3) is 5.69 Å². The van der Waals surface area contributed by atoms with Crippen LogP contribution in [0.3, 0.4) is 0 Å². The highest BCUT2D eigenvalue weighted by atomic mass is 16.5. The predicted octanol–water partition coefficient (Wildman–Crippen LogP) is -0.0448. The molecule has 0 aliphatic carbocycles. The number of tetrazole rings is 1. The van der Waals surface area contributed by atoms with Gasteiger partial charge in [0.2, 0.25) is 0 Å². The Kier molecular flexibility index (Phi) is 4.38. The van der Waals surface area contributed by atoms with Gasteiger partial charge in [0.25, 0.3) is 5.91 Å². The number of hydrogen-bond donors (Lipinski definition) is 1. The van der Waals surface area contributed by atoms with E-state index in [1.807, 2.05) is 0 Å². The van der Waals surface area contributed by atoms with E-state index in [-0.39, 0.29) is 24.8 Å². The molecule has 8 nitrogen and oxygen atoms in total. The zero-order valence-corrected chi connectivity index (χ0v) is 10.8. The van der Waals surface area contributed by atoms with Crippen molar-refractivity contribution in [3.8, 4) is 5.69 Å². The molecule has 20 heavy (non-hydrogen) atoms. The Morgan fingerprint density at radius 3 is 2.85 bits per heavy atom. The summed E-state index contributed by atoms with van der Waals surface area (Å²) in [7, 11) is 1.30. The molecule has 2 rings (SSSR count). The first-order valence-electron chi connectivity index (χ1n) is 5.90. The van der Waals surface area contributed by atoms with E-state index >= 15 is 0 Å². The first kappa shape index (κ1) is 13.7. The molecule has 0 fully saturated rings. The summed E-state index contributed by atoms with van der Waals surface area (Å²) < 4.78 is 5.90. The summed E-state index contributed by atoms with van der Waals surface area (Å²) in [5.41, 5.74) is 0.984. The molecule has 0 aliphatic heterocycles. The van der Waals surface area contributed by atoms with Gasteiger partial charge in [-0.3, -0.25) is 9.59 Å². The van der Waals surface area contributed by atoms with Crippen LogP contribution in [0.2, 0.25) is 0 Å². The largest absolute Gasteiger partial charge is 0.469 e. The van der Waals surface area contributed by atoms with Crippen molar-refractivity contribution in [3.63, 3.8) is 0 Å². The van der Waals surface area contributed by atoms with E-state index in [9.17, 15) is 9.59 Å². The average Bonchev–Trinajstić information content (AvgIpc) is 3.01. The predicted molar refractivity (Wildman–Crippen MR) is 68.1 cm³/mol. The second kappa shape index (κ2) is 6.41. The van der Waals surface area contributed by atoms with Crippen LogP contribution in [-0.2, 0) is 9.53 Å². The third kappa shape index (κ3) is 3.16. The number of nitrogens with one attached hydrogen (secondary N) is 1. The highest BCUT2D eigenvalue weighted by molar-refractivity contribution is 5.97. The first-order valence-corrected chi connectivity index (χ1v) is 5.90. The Bertz CT molecular complexity index is 597. The van der Waals surface area contributed by atoms with Gasteiger partial charge < -0.3 is 10.1 Å². The molecule has 1 aromatic carbocycles. The van der Waals surface area contributed by atoms with Crippen LogP contribution in [0.5, 0.6) is 0 Å². The number of para-hydroxylation sites is 1. The van der Waals surface area contributed by atoms with Crippen LogP contribution in [0.15, 0.2) is 30.6 Å². The lowest BCUT2D eigenvalue weighted by molar-refractivity contribution is -0.140. The minimum absolute atomic E-state index is 0.120. The van der Waals surface area contributed by atoms with Gasteiger partial charge in [0, 0.05) is 6.54 Å². The molecule has 0 saturated heterocycles. The number of nitrogens with zero attached hydrogens (tertiary/aromatic N) is 4. The molecule has 1 aromatic heterocycles. The fourth-order valence-corrected chi connectivity index (χ4v) is 1.61. The van der Waals surface area contributed by atoms with Gasteiger partial charge in [0.15, 0.2) is 0 Å². The third-order valence-electron chi connectivity index (χ3n) is 2.59. The Morgan fingerprint density at radius 2 is 2.15 bits per heavy atom. The second-order valence-corrected chi connectivity index (χ2v) is 3.85. The number of carbonyl (C=O) groups is 2. The highest BCUT2D eigenvalue weighted by Crippen LogP contribution is 2.12. The van der Waals surface area contributed by atoms with Crippen molar-refractivity contribution < 1.29 is 14.3 Å². The molecule has 1 amide bonds. The molecular formula is C12H13N5O3.